The summed E-state index contributed by atoms with van der Waals surface area (Å²) >= 11 is 5.64. The number of piperidine rings is 1. The Morgan fingerprint density at radius 3 is 2.89 bits per heavy atom. The van der Waals surface area contributed by atoms with Gasteiger partial charge >= 0.3 is 0 Å². The topological polar surface area (TPSA) is 40.5 Å². The van der Waals surface area contributed by atoms with Crippen LogP contribution in [0.15, 0.2) is 18.2 Å². The highest BCUT2D eigenvalue weighted by Crippen LogP contribution is 2.21. The zero-order valence-electron chi connectivity index (χ0n) is 10.1. The van der Waals surface area contributed by atoms with Crippen LogP contribution in [-0.4, -0.2) is 35.1 Å². The molecule has 0 saturated carbocycles. The van der Waals surface area contributed by atoms with Crippen molar-refractivity contribution in [2.45, 2.75) is 19.4 Å². The van der Waals surface area contributed by atoms with Gasteiger partial charge in [0.05, 0.1) is 11.7 Å². The largest absolute Gasteiger partial charge is 0.391 e. The van der Waals surface area contributed by atoms with E-state index < -0.39 is 17.8 Å². The third-order valence-corrected chi connectivity index (χ3v) is 3.60. The van der Waals surface area contributed by atoms with Crippen LogP contribution in [-0.2, 0) is 0 Å². The van der Waals surface area contributed by atoms with Gasteiger partial charge in [-0.3, -0.25) is 4.79 Å². The molecule has 5 heteroatoms. The second-order valence-corrected chi connectivity index (χ2v) is 5.15. The van der Waals surface area contributed by atoms with Crippen LogP contribution in [0, 0.1) is 11.7 Å². The molecule has 0 bridgehead atoms. The van der Waals surface area contributed by atoms with Crippen LogP contribution < -0.4 is 0 Å². The van der Waals surface area contributed by atoms with E-state index in [0.717, 1.165) is 12.5 Å². The summed E-state index contributed by atoms with van der Waals surface area (Å²) in [7, 11) is 0. The van der Waals surface area contributed by atoms with Crippen molar-refractivity contribution >= 4 is 17.5 Å². The summed E-state index contributed by atoms with van der Waals surface area (Å²) in [6, 6.07) is 3.99. The van der Waals surface area contributed by atoms with Crippen molar-refractivity contribution in [1.82, 2.24) is 4.90 Å². The van der Waals surface area contributed by atoms with Gasteiger partial charge in [-0.2, -0.15) is 0 Å². The lowest BCUT2D eigenvalue weighted by atomic mass is 9.95. The number of hydrogen-bond donors (Lipinski definition) is 1. The number of hydrogen-bond acceptors (Lipinski definition) is 2. The predicted octanol–water partition coefficient (Wildman–Crippen LogP) is 2.32. The fourth-order valence-corrected chi connectivity index (χ4v) is 2.23. The first kappa shape index (κ1) is 13.3. The molecule has 3 nitrogen and oxygen atoms in total. The molecule has 2 unspecified atom stereocenters. The lowest BCUT2D eigenvalue weighted by molar-refractivity contribution is 0.0246. The van der Waals surface area contributed by atoms with E-state index in [1.807, 2.05) is 6.92 Å². The number of halogens is 2. The SMILES string of the molecule is CC1CCN(C(=O)c2ccc(Cl)cc2F)CC1O. The Morgan fingerprint density at radius 2 is 2.28 bits per heavy atom. The van der Waals surface area contributed by atoms with E-state index in [0.29, 0.717) is 6.54 Å². The summed E-state index contributed by atoms with van der Waals surface area (Å²) in [6.07, 6.45) is 0.181. The number of aliphatic hydroxyl groups excluding tert-OH is 1. The standard InChI is InChI=1S/C13H15ClFNO2/c1-8-4-5-16(7-12(8)17)13(18)10-3-2-9(14)6-11(10)15/h2-3,6,8,12,17H,4-5,7H2,1H3. The first-order valence-corrected chi connectivity index (χ1v) is 6.29. The van der Waals surface area contributed by atoms with Crippen LogP contribution in [0.5, 0.6) is 0 Å². The van der Waals surface area contributed by atoms with E-state index in [1.54, 1.807) is 0 Å². The normalized spacial score (nSPS) is 24.1. The van der Waals surface area contributed by atoms with Gasteiger partial charge in [0.2, 0.25) is 0 Å². The number of rotatable bonds is 1. The Bertz CT molecular complexity index is 466. The molecule has 0 aromatic heterocycles. The molecule has 1 saturated heterocycles. The maximum absolute atomic E-state index is 13.6. The van der Waals surface area contributed by atoms with Crippen LogP contribution in [0.3, 0.4) is 0 Å². The monoisotopic (exact) mass is 271 g/mol. The summed E-state index contributed by atoms with van der Waals surface area (Å²) in [6.45, 7) is 2.73. The highest BCUT2D eigenvalue weighted by atomic mass is 35.5. The summed E-state index contributed by atoms with van der Waals surface area (Å²) in [5.74, 6) is -0.847. The number of nitrogens with zero attached hydrogens (tertiary/aromatic N) is 1. The highest BCUT2D eigenvalue weighted by molar-refractivity contribution is 6.30. The second-order valence-electron chi connectivity index (χ2n) is 4.71. The minimum atomic E-state index is -0.624. The van der Waals surface area contributed by atoms with E-state index in [-0.39, 0.29) is 23.0 Å². The van der Waals surface area contributed by atoms with Crippen LogP contribution in [0.25, 0.3) is 0 Å². The maximum atomic E-state index is 13.6. The third kappa shape index (κ3) is 2.65. The molecule has 2 rings (SSSR count). The van der Waals surface area contributed by atoms with Gasteiger partial charge in [-0.05, 0) is 30.5 Å². The number of β-amino-alcohol motifs (C(OH)–C–C–N with tert-alkyl or cyclic N) is 1. The Hall–Kier alpha value is -1.13. The molecule has 0 spiro atoms. The molecule has 1 N–H and O–H groups in total. The minimum Gasteiger partial charge on any atom is -0.391 e. The van der Waals surface area contributed by atoms with Crippen molar-refractivity contribution in [2.24, 2.45) is 5.92 Å². The van der Waals surface area contributed by atoms with Crippen molar-refractivity contribution in [3.63, 3.8) is 0 Å². The van der Waals surface area contributed by atoms with Gasteiger partial charge in [-0.1, -0.05) is 18.5 Å². The fraction of sp³-hybridized carbons (Fsp3) is 0.462. The molecule has 1 fully saturated rings. The molecular formula is C13H15ClFNO2. The summed E-state index contributed by atoms with van der Waals surface area (Å²) < 4.78 is 13.6. The molecule has 1 amide bonds. The van der Waals surface area contributed by atoms with Crippen molar-refractivity contribution in [3.8, 4) is 0 Å². The van der Waals surface area contributed by atoms with E-state index in [1.165, 1.54) is 17.0 Å². The average Bonchev–Trinajstić information content (AvgIpc) is 2.32. The van der Waals surface area contributed by atoms with Crippen molar-refractivity contribution < 1.29 is 14.3 Å². The summed E-state index contributed by atoms with van der Waals surface area (Å²) in [4.78, 5) is 13.6. The maximum Gasteiger partial charge on any atom is 0.256 e. The summed E-state index contributed by atoms with van der Waals surface area (Å²) in [5.41, 5.74) is 0.00107. The highest BCUT2D eigenvalue weighted by Gasteiger charge is 2.28. The molecule has 1 heterocycles. The Balaban J connectivity index is 2.16. The predicted molar refractivity (Wildman–Crippen MR) is 67.1 cm³/mol. The smallest absolute Gasteiger partial charge is 0.256 e. The van der Waals surface area contributed by atoms with Crippen molar-refractivity contribution in [1.29, 1.82) is 0 Å². The molecule has 98 valence electrons. The average molecular weight is 272 g/mol. The molecule has 1 aromatic carbocycles. The molecule has 1 aliphatic heterocycles. The number of carbonyl (C=O) groups excluding carboxylic acids is 1. The Labute approximate surface area is 110 Å². The fourth-order valence-electron chi connectivity index (χ4n) is 2.07. The summed E-state index contributed by atoms with van der Waals surface area (Å²) in [5, 5.41) is 10.0. The Kier molecular flexibility index (Phi) is 3.88. The van der Waals surface area contributed by atoms with E-state index in [2.05, 4.69) is 0 Å². The molecule has 0 aliphatic carbocycles. The molecule has 2 atom stereocenters. The minimum absolute atomic E-state index is 0.00107. The number of aliphatic hydroxyl groups is 1. The van der Waals surface area contributed by atoms with Gasteiger partial charge in [0.25, 0.3) is 5.91 Å². The van der Waals surface area contributed by atoms with E-state index in [4.69, 9.17) is 11.6 Å². The molecular weight excluding hydrogens is 257 g/mol. The first-order chi connectivity index (χ1) is 8.49. The number of likely N-dealkylation sites (tertiary alicyclic amines) is 1. The van der Waals surface area contributed by atoms with E-state index in [9.17, 15) is 14.3 Å². The van der Waals surface area contributed by atoms with E-state index >= 15 is 0 Å². The zero-order valence-corrected chi connectivity index (χ0v) is 10.8. The number of amides is 1. The van der Waals surface area contributed by atoms with Gasteiger partial charge in [0.15, 0.2) is 0 Å². The van der Waals surface area contributed by atoms with Crippen molar-refractivity contribution in [2.75, 3.05) is 13.1 Å². The molecule has 18 heavy (non-hydrogen) atoms. The van der Waals surface area contributed by atoms with Gasteiger partial charge in [-0.15, -0.1) is 0 Å². The number of carbonyl (C=O) groups is 1. The van der Waals surface area contributed by atoms with Crippen LogP contribution in [0.4, 0.5) is 4.39 Å². The molecule has 1 aromatic rings. The van der Waals surface area contributed by atoms with Gasteiger partial charge in [0.1, 0.15) is 5.82 Å². The molecule has 1 aliphatic rings. The zero-order chi connectivity index (χ0) is 13.3. The molecule has 0 radical (unpaired) electrons. The second kappa shape index (κ2) is 5.24. The van der Waals surface area contributed by atoms with Crippen LogP contribution >= 0.6 is 11.6 Å². The lowest BCUT2D eigenvalue weighted by Gasteiger charge is -2.34. The number of benzene rings is 1. The van der Waals surface area contributed by atoms with Crippen LogP contribution in [0.2, 0.25) is 5.02 Å². The van der Waals surface area contributed by atoms with Gasteiger partial charge in [-0.25, -0.2) is 4.39 Å². The van der Waals surface area contributed by atoms with Crippen molar-refractivity contribution in [3.05, 3.63) is 34.6 Å². The van der Waals surface area contributed by atoms with Crippen LogP contribution in [0.1, 0.15) is 23.7 Å². The first-order valence-electron chi connectivity index (χ1n) is 5.91. The Morgan fingerprint density at radius 1 is 1.56 bits per heavy atom. The van der Waals surface area contributed by atoms with Gasteiger partial charge in [0, 0.05) is 18.1 Å². The van der Waals surface area contributed by atoms with Gasteiger partial charge < -0.3 is 10.0 Å². The lowest BCUT2D eigenvalue weighted by Crippen LogP contribution is -2.46. The third-order valence-electron chi connectivity index (χ3n) is 3.37. The quantitative estimate of drug-likeness (QED) is 0.852.